The first kappa shape index (κ1) is 18.3. The van der Waals surface area contributed by atoms with E-state index < -0.39 is 18.1 Å². The maximum absolute atomic E-state index is 14.3. The van der Waals surface area contributed by atoms with Crippen LogP contribution >= 0.6 is 0 Å². The lowest BCUT2D eigenvalue weighted by Gasteiger charge is -2.27. The summed E-state index contributed by atoms with van der Waals surface area (Å²) in [5.41, 5.74) is 5.87. The second kappa shape index (κ2) is 6.54. The molecule has 2 aromatic rings. The number of hydrogen-bond acceptors (Lipinski definition) is 4. The van der Waals surface area contributed by atoms with Crippen molar-refractivity contribution in [3.8, 4) is 5.75 Å². The number of carbonyl (C=O) groups is 1. The smallest absolute Gasteiger partial charge is 0.387 e. The molecule has 1 heterocycles. The normalized spacial score (nSPS) is 22.0. The number of rotatable bonds is 5. The molecule has 1 unspecified atom stereocenters. The van der Waals surface area contributed by atoms with Gasteiger partial charge in [-0.2, -0.15) is 8.78 Å². The third-order valence-electron chi connectivity index (χ3n) is 5.17. The molecular formula is C20H18F3N3O2. The van der Waals surface area contributed by atoms with Crippen molar-refractivity contribution in [3.63, 3.8) is 0 Å². The highest BCUT2D eigenvalue weighted by Gasteiger charge is 2.50. The molecule has 8 heteroatoms. The lowest BCUT2D eigenvalue weighted by atomic mass is 9.81. The summed E-state index contributed by atoms with van der Waals surface area (Å²) in [6.45, 7) is -2.95. The summed E-state index contributed by atoms with van der Waals surface area (Å²) < 4.78 is 43.5. The fourth-order valence-electron chi connectivity index (χ4n) is 3.54. The molecule has 2 aromatic carbocycles. The van der Waals surface area contributed by atoms with Gasteiger partial charge in [-0.15, -0.1) is 0 Å². The van der Waals surface area contributed by atoms with Crippen LogP contribution in [0.1, 0.15) is 35.4 Å². The Morgan fingerprint density at radius 2 is 1.82 bits per heavy atom. The molecule has 0 bridgehead atoms. The van der Waals surface area contributed by atoms with Crippen molar-refractivity contribution in [3.05, 3.63) is 65.0 Å². The van der Waals surface area contributed by atoms with Crippen LogP contribution in [0.3, 0.4) is 0 Å². The van der Waals surface area contributed by atoms with E-state index in [0.717, 1.165) is 12.8 Å². The average Bonchev–Trinajstić information content (AvgIpc) is 3.47. The van der Waals surface area contributed by atoms with Gasteiger partial charge >= 0.3 is 6.61 Å². The largest absolute Gasteiger partial charge is 0.435 e. The molecule has 1 atom stereocenters. The van der Waals surface area contributed by atoms with Gasteiger partial charge in [0, 0.05) is 7.05 Å². The fourth-order valence-corrected chi connectivity index (χ4v) is 3.54. The first-order valence-corrected chi connectivity index (χ1v) is 8.81. The standard InChI is InChI=1S/C20H18F3N3O2/c1-26-17(27)20(25-19(26)24,12-4-7-14(8-5-12)28-18(22)23)13-6-9-16(21)15(10-13)11-2-3-11/h4-11,18H,2-3H2,1H3,(H2,24,25). The molecule has 2 aliphatic rings. The number of halogens is 3. The Balaban J connectivity index is 1.85. The monoisotopic (exact) mass is 389 g/mol. The lowest BCUT2D eigenvalue weighted by Crippen LogP contribution is -2.41. The van der Waals surface area contributed by atoms with Gasteiger partial charge < -0.3 is 10.5 Å². The number of likely N-dealkylation sites (N-methyl/N-ethyl adjacent to an activating group) is 1. The minimum absolute atomic E-state index is 0.0233. The summed E-state index contributed by atoms with van der Waals surface area (Å²) in [6, 6.07) is 10.2. The molecule has 2 N–H and O–H groups in total. The molecule has 146 valence electrons. The molecular weight excluding hydrogens is 371 g/mol. The predicted octanol–water partition coefficient (Wildman–Crippen LogP) is 3.33. The van der Waals surface area contributed by atoms with Gasteiger partial charge in [0.2, 0.25) is 0 Å². The molecule has 0 spiro atoms. The highest BCUT2D eigenvalue weighted by molar-refractivity contribution is 6.08. The maximum atomic E-state index is 14.3. The zero-order valence-electron chi connectivity index (χ0n) is 15.0. The maximum Gasteiger partial charge on any atom is 0.387 e. The summed E-state index contributed by atoms with van der Waals surface area (Å²) in [4.78, 5) is 18.8. The van der Waals surface area contributed by atoms with Gasteiger partial charge in [-0.25, -0.2) is 9.38 Å². The van der Waals surface area contributed by atoms with Crippen LogP contribution in [0, 0.1) is 5.82 Å². The first-order valence-electron chi connectivity index (χ1n) is 8.81. The number of hydrogen-bond donors (Lipinski definition) is 1. The van der Waals surface area contributed by atoms with Crippen LogP contribution in [-0.4, -0.2) is 30.4 Å². The minimum Gasteiger partial charge on any atom is -0.435 e. The number of alkyl halides is 2. The van der Waals surface area contributed by atoms with Crippen molar-refractivity contribution < 1.29 is 22.7 Å². The number of guanidine groups is 1. The Bertz CT molecular complexity index is 958. The zero-order chi connectivity index (χ0) is 20.1. The topological polar surface area (TPSA) is 67.9 Å². The van der Waals surface area contributed by atoms with Crippen LogP contribution in [-0.2, 0) is 10.3 Å². The van der Waals surface area contributed by atoms with Crippen molar-refractivity contribution in [2.24, 2.45) is 10.7 Å². The van der Waals surface area contributed by atoms with Crippen molar-refractivity contribution in [2.45, 2.75) is 30.9 Å². The first-order chi connectivity index (χ1) is 13.3. The Morgan fingerprint density at radius 3 is 2.36 bits per heavy atom. The summed E-state index contributed by atoms with van der Waals surface area (Å²) in [7, 11) is 1.50. The van der Waals surface area contributed by atoms with E-state index in [-0.39, 0.29) is 23.4 Å². The van der Waals surface area contributed by atoms with E-state index in [2.05, 4.69) is 9.73 Å². The number of aliphatic imine (C=N–C) groups is 1. The second-order valence-electron chi connectivity index (χ2n) is 6.96. The number of amides is 1. The molecule has 1 amide bonds. The van der Waals surface area contributed by atoms with E-state index in [1.54, 1.807) is 6.07 Å². The molecule has 4 rings (SSSR count). The Morgan fingerprint density at radius 1 is 1.18 bits per heavy atom. The Kier molecular flexibility index (Phi) is 4.28. The van der Waals surface area contributed by atoms with Crippen molar-refractivity contribution in [1.82, 2.24) is 4.90 Å². The van der Waals surface area contributed by atoms with Crippen LogP contribution < -0.4 is 10.5 Å². The molecule has 1 aliphatic carbocycles. The van der Waals surface area contributed by atoms with Gasteiger partial charge in [-0.1, -0.05) is 18.2 Å². The second-order valence-corrected chi connectivity index (χ2v) is 6.96. The van der Waals surface area contributed by atoms with Crippen molar-refractivity contribution in [2.75, 3.05) is 7.05 Å². The zero-order valence-corrected chi connectivity index (χ0v) is 15.0. The Hall–Kier alpha value is -3.03. The Labute approximate surface area is 159 Å². The van der Waals surface area contributed by atoms with E-state index in [0.29, 0.717) is 16.7 Å². The van der Waals surface area contributed by atoms with Crippen LogP contribution in [0.2, 0.25) is 0 Å². The number of benzene rings is 2. The average molecular weight is 389 g/mol. The van der Waals surface area contributed by atoms with Gasteiger partial charge in [-0.3, -0.25) is 9.69 Å². The van der Waals surface area contributed by atoms with E-state index in [1.165, 1.54) is 48.3 Å². The van der Waals surface area contributed by atoms with Gasteiger partial charge in [0.15, 0.2) is 11.5 Å². The van der Waals surface area contributed by atoms with E-state index >= 15 is 0 Å². The molecule has 0 radical (unpaired) electrons. The van der Waals surface area contributed by atoms with E-state index in [4.69, 9.17) is 5.73 Å². The summed E-state index contributed by atoms with van der Waals surface area (Å²) in [5.74, 6) is -0.606. The van der Waals surface area contributed by atoms with E-state index in [9.17, 15) is 18.0 Å². The minimum atomic E-state index is -2.95. The number of carbonyl (C=O) groups excluding carboxylic acids is 1. The van der Waals surface area contributed by atoms with Gasteiger partial charge in [0.05, 0.1) is 0 Å². The van der Waals surface area contributed by atoms with Crippen LogP contribution in [0.4, 0.5) is 13.2 Å². The molecule has 1 fully saturated rings. The van der Waals surface area contributed by atoms with Gasteiger partial charge in [0.1, 0.15) is 11.6 Å². The third kappa shape index (κ3) is 2.89. The molecule has 28 heavy (non-hydrogen) atoms. The summed E-state index contributed by atoms with van der Waals surface area (Å²) >= 11 is 0. The van der Waals surface area contributed by atoms with Crippen LogP contribution in [0.5, 0.6) is 5.75 Å². The number of nitrogens with two attached hydrogens (primary N) is 1. The van der Waals surface area contributed by atoms with Gasteiger partial charge in [-0.05, 0) is 59.7 Å². The lowest BCUT2D eigenvalue weighted by molar-refractivity contribution is -0.129. The molecule has 0 aromatic heterocycles. The van der Waals surface area contributed by atoms with E-state index in [1.807, 2.05) is 0 Å². The third-order valence-corrected chi connectivity index (χ3v) is 5.17. The summed E-state index contributed by atoms with van der Waals surface area (Å²) in [6.07, 6.45) is 1.79. The molecule has 0 saturated heterocycles. The number of nitrogens with zero attached hydrogens (tertiary/aromatic N) is 2. The predicted molar refractivity (Wildman–Crippen MR) is 96.6 cm³/mol. The van der Waals surface area contributed by atoms with Crippen LogP contribution in [0.15, 0.2) is 47.5 Å². The molecule has 1 aliphatic heterocycles. The SMILES string of the molecule is CN1C(=O)C(c2ccc(OC(F)F)cc2)(c2ccc(F)c(C3CC3)c2)N=C1N. The van der Waals surface area contributed by atoms with Crippen molar-refractivity contribution in [1.29, 1.82) is 0 Å². The van der Waals surface area contributed by atoms with Crippen molar-refractivity contribution >= 4 is 11.9 Å². The summed E-state index contributed by atoms with van der Waals surface area (Å²) in [5, 5.41) is 0. The fraction of sp³-hybridized carbons (Fsp3) is 0.300. The highest BCUT2D eigenvalue weighted by Crippen LogP contribution is 2.45. The molecule has 5 nitrogen and oxygen atoms in total. The quantitative estimate of drug-likeness (QED) is 0.853. The molecule has 1 saturated carbocycles. The number of ether oxygens (including phenoxy) is 1. The van der Waals surface area contributed by atoms with Crippen LogP contribution in [0.25, 0.3) is 0 Å². The van der Waals surface area contributed by atoms with Gasteiger partial charge in [0.25, 0.3) is 5.91 Å². The highest BCUT2D eigenvalue weighted by atomic mass is 19.3.